The predicted molar refractivity (Wildman–Crippen MR) is 143 cm³/mol. The van der Waals surface area contributed by atoms with Crippen molar-refractivity contribution in [2.75, 3.05) is 51.8 Å². The summed E-state index contributed by atoms with van der Waals surface area (Å²) in [5.74, 6) is 0.221. The lowest BCUT2D eigenvalue weighted by Crippen LogP contribution is -2.40. The maximum Gasteiger partial charge on any atom is 0.243 e. The Balaban J connectivity index is 1.39. The number of aryl methyl sites for hydroxylation is 1. The largest absolute Gasteiger partial charge is 0.496 e. The number of carbonyl (C=O) groups excluding carboxylic acids is 1. The normalized spacial score (nSPS) is 18.0. The van der Waals surface area contributed by atoms with Crippen molar-refractivity contribution in [1.29, 1.82) is 0 Å². The van der Waals surface area contributed by atoms with Crippen LogP contribution in [-0.4, -0.2) is 77.9 Å². The lowest BCUT2D eigenvalue weighted by Gasteiger charge is -2.26. The molecule has 2 saturated heterocycles. The van der Waals surface area contributed by atoms with Crippen LogP contribution in [-0.2, 0) is 36.0 Å². The number of nitrogens with one attached hydrogen (secondary N) is 1. The molecule has 2 aliphatic rings. The molecule has 0 aromatic heterocycles. The van der Waals surface area contributed by atoms with Gasteiger partial charge in [-0.1, -0.05) is 12.8 Å². The van der Waals surface area contributed by atoms with E-state index in [2.05, 4.69) is 5.32 Å². The molecule has 1 N–H and O–H groups in total. The van der Waals surface area contributed by atoms with Gasteiger partial charge in [-0.2, -0.15) is 8.61 Å². The lowest BCUT2D eigenvalue weighted by molar-refractivity contribution is -0.116. The van der Waals surface area contributed by atoms with Crippen LogP contribution in [0.25, 0.3) is 0 Å². The van der Waals surface area contributed by atoms with Gasteiger partial charge in [0, 0.05) is 38.3 Å². The first-order chi connectivity index (χ1) is 18.2. The van der Waals surface area contributed by atoms with Gasteiger partial charge in [-0.15, -0.1) is 0 Å². The summed E-state index contributed by atoms with van der Waals surface area (Å²) in [7, 11) is -5.74. The first kappa shape index (κ1) is 28.5. The predicted octanol–water partition coefficient (Wildman–Crippen LogP) is 2.85. The fourth-order valence-corrected chi connectivity index (χ4v) is 7.64. The average Bonchev–Trinajstić information content (AvgIpc) is 3.23. The molecule has 4 rings (SSSR count). The number of anilines is 1. The van der Waals surface area contributed by atoms with Crippen molar-refractivity contribution < 1.29 is 31.1 Å². The van der Waals surface area contributed by atoms with Crippen LogP contribution in [0.15, 0.2) is 52.3 Å². The molecule has 0 radical (unpaired) electrons. The Hall–Kier alpha value is -2.51. The summed E-state index contributed by atoms with van der Waals surface area (Å²) in [5.41, 5.74) is 1.09. The van der Waals surface area contributed by atoms with Crippen LogP contribution in [0.1, 0.15) is 37.7 Å². The third-order valence-electron chi connectivity index (χ3n) is 6.82. The SMILES string of the molecule is COc1ccc(S(=O)(=O)N2CCOCC2)cc1CCC(=O)Nc1ccc(S(=O)(=O)N2CCCCCC2)cc1. The van der Waals surface area contributed by atoms with E-state index in [1.807, 2.05) is 0 Å². The van der Waals surface area contributed by atoms with Crippen LogP contribution in [0.5, 0.6) is 5.75 Å². The summed E-state index contributed by atoms with van der Waals surface area (Å²) >= 11 is 0. The van der Waals surface area contributed by atoms with E-state index in [1.165, 1.54) is 33.9 Å². The second-order valence-electron chi connectivity index (χ2n) is 9.38. The smallest absolute Gasteiger partial charge is 0.243 e. The number of hydrogen-bond acceptors (Lipinski definition) is 7. The number of rotatable bonds is 9. The maximum atomic E-state index is 13.0. The molecule has 0 unspecified atom stereocenters. The fourth-order valence-electron chi connectivity index (χ4n) is 4.66. The number of carbonyl (C=O) groups is 1. The summed E-state index contributed by atoms with van der Waals surface area (Å²) in [6.45, 7) is 2.36. The van der Waals surface area contributed by atoms with Gasteiger partial charge >= 0.3 is 0 Å². The molecule has 10 nitrogen and oxygen atoms in total. The highest BCUT2D eigenvalue weighted by molar-refractivity contribution is 7.89. The quantitative estimate of drug-likeness (QED) is 0.496. The van der Waals surface area contributed by atoms with Crippen molar-refractivity contribution in [2.24, 2.45) is 0 Å². The van der Waals surface area contributed by atoms with Gasteiger partial charge in [-0.05, 0) is 67.3 Å². The van der Waals surface area contributed by atoms with E-state index in [-0.39, 0.29) is 28.5 Å². The Kier molecular flexibility index (Phi) is 9.42. The standard InChI is InChI=1S/C26H35N3O7S2/c1-35-25-12-11-24(38(33,34)29-16-18-36-19-17-29)20-21(25)6-13-26(30)27-22-7-9-23(10-8-22)37(31,32)28-14-4-2-3-5-15-28/h7-12,20H,2-6,13-19H2,1H3,(H,27,30). The van der Waals surface area contributed by atoms with Crippen LogP contribution in [0.4, 0.5) is 5.69 Å². The molecular formula is C26H35N3O7S2. The van der Waals surface area contributed by atoms with Gasteiger partial charge < -0.3 is 14.8 Å². The van der Waals surface area contributed by atoms with E-state index in [9.17, 15) is 21.6 Å². The van der Waals surface area contributed by atoms with Gasteiger partial charge in [0.15, 0.2) is 0 Å². The van der Waals surface area contributed by atoms with Crippen LogP contribution in [0.2, 0.25) is 0 Å². The minimum absolute atomic E-state index is 0.0885. The number of hydrogen-bond donors (Lipinski definition) is 1. The van der Waals surface area contributed by atoms with Crippen molar-refractivity contribution in [3.8, 4) is 5.75 Å². The molecule has 0 bridgehead atoms. The zero-order valence-electron chi connectivity index (χ0n) is 21.6. The van der Waals surface area contributed by atoms with Crippen LogP contribution in [0.3, 0.4) is 0 Å². The van der Waals surface area contributed by atoms with Gasteiger partial charge in [0.05, 0.1) is 30.1 Å². The molecule has 38 heavy (non-hydrogen) atoms. The van der Waals surface area contributed by atoms with Crippen LogP contribution in [0, 0.1) is 0 Å². The molecule has 1 amide bonds. The fraction of sp³-hybridized carbons (Fsp3) is 0.500. The van der Waals surface area contributed by atoms with Gasteiger partial charge in [-0.25, -0.2) is 16.8 Å². The van der Waals surface area contributed by atoms with Gasteiger partial charge in [0.1, 0.15) is 5.75 Å². The van der Waals surface area contributed by atoms with E-state index in [0.717, 1.165) is 25.7 Å². The summed E-state index contributed by atoms with van der Waals surface area (Å²) in [5, 5.41) is 2.79. The first-order valence-corrected chi connectivity index (χ1v) is 15.7. The maximum absolute atomic E-state index is 13.0. The molecular weight excluding hydrogens is 530 g/mol. The Bertz CT molecular complexity index is 1320. The van der Waals surface area contributed by atoms with Crippen molar-refractivity contribution in [3.05, 3.63) is 48.0 Å². The highest BCUT2D eigenvalue weighted by Crippen LogP contribution is 2.27. The molecule has 2 aromatic rings. The van der Waals surface area contributed by atoms with E-state index >= 15 is 0 Å². The molecule has 12 heteroatoms. The Morgan fingerprint density at radius 2 is 1.42 bits per heavy atom. The summed E-state index contributed by atoms with van der Waals surface area (Å²) in [4.78, 5) is 13.0. The number of ether oxygens (including phenoxy) is 2. The van der Waals surface area contributed by atoms with Crippen molar-refractivity contribution >= 4 is 31.6 Å². The van der Waals surface area contributed by atoms with Gasteiger partial charge in [0.2, 0.25) is 26.0 Å². The monoisotopic (exact) mass is 565 g/mol. The lowest BCUT2D eigenvalue weighted by atomic mass is 10.1. The minimum atomic E-state index is -3.68. The van der Waals surface area contributed by atoms with Crippen molar-refractivity contribution in [3.63, 3.8) is 0 Å². The molecule has 0 spiro atoms. The third-order valence-corrected chi connectivity index (χ3v) is 10.6. The second-order valence-corrected chi connectivity index (χ2v) is 13.3. The number of amides is 1. The number of methoxy groups -OCH3 is 1. The Labute approximate surface area is 225 Å². The van der Waals surface area contributed by atoms with E-state index < -0.39 is 20.0 Å². The minimum Gasteiger partial charge on any atom is -0.496 e. The highest BCUT2D eigenvalue weighted by atomic mass is 32.2. The molecule has 2 heterocycles. The summed E-state index contributed by atoms with van der Waals surface area (Å²) in [6, 6.07) is 10.9. The Morgan fingerprint density at radius 1 is 0.842 bits per heavy atom. The number of sulfonamides is 2. The second kappa shape index (κ2) is 12.6. The average molecular weight is 566 g/mol. The van der Waals surface area contributed by atoms with Crippen molar-refractivity contribution in [1.82, 2.24) is 8.61 Å². The molecule has 0 atom stereocenters. The molecule has 2 aromatic carbocycles. The zero-order chi connectivity index (χ0) is 27.2. The summed E-state index contributed by atoms with van der Waals surface area (Å²) < 4.78 is 65.6. The van der Waals surface area contributed by atoms with Crippen molar-refractivity contribution in [2.45, 2.75) is 48.3 Å². The molecule has 2 fully saturated rings. The first-order valence-electron chi connectivity index (χ1n) is 12.9. The Morgan fingerprint density at radius 3 is 2.05 bits per heavy atom. The topological polar surface area (TPSA) is 122 Å². The van der Waals surface area contributed by atoms with Gasteiger partial charge in [-0.3, -0.25) is 4.79 Å². The number of morpholine rings is 1. The summed E-state index contributed by atoms with van der Waals surface area (Å²) in [6.07, 6.45) is 4.16. The number of benzene rings is 2. The van der Waals surface area contributed by atoms with Crippen LogP contribution >= 0.6 is 0 Å². The highest BCUT2D eigenvalue weighted by Gasteiger charge is 2.27. The molecule has 208 valence electrons. The van der Waals surface area contributed by atoms with E-state index in [1.54, 1.807) is 24.3 Å². The molecule has 0 saturated carbocycles. The third kappa shape index (κ3) is 6.73. The van der Waals surface area contributed by atoms with E-state index in [0.29, 0.717) is 56.4 Å². The zero-order valence-corrected chi connectivity index (χ0v) is 23.2. The van der Waals surface area contributed by atoms with Gasteiger partial charge in [0.25, 0.3) is 0 Å². The van der Waals surface area contributed by atoms with E-state index in [4.69, 9.17) is 9.47 Å². The molecule has 2 aliphatic heterocycles. The van der Waals surface area contributed by atoms with Crippen LogP contribution < -0.4 is 10.1 Å². The molecule has 0 aliphatic carbocycles. The number of nitrogens with zero attached hydrogens (tertiary/aromatic N) is 2.